The third-order valence-electron chi connectivity index (χ3n) is 6.43. The Kier molecular flexibility index (Phi) is 5.06. The van der Waals surface area contributed by atoms with Crippen LogP contribution in [0.25, 0.3) is 11.0 Å². The van der Waals surface area contributed by atoms with Crippen LogP contribution in [0.3, 0.4) is 0 Å². The van der Waals surface area contributed by atoms with Gasteiger partial charge in [-0.2, -0.15) is 0 Å². The van der Waals surface area contributed by atoms with Crippen LogP contribution in [0.4, 0.5) is 0 Å². The maximum atomic E-state index is 12.8. The number of hydrogen-bond acceptors (Lipinski definition) is 6. The molecule has 2 aliphatic rings. The van der Waals surface area contributed by atoms with Crippen molar-refractivity contribution in [2.24, 2.45) is 0 Å². The molecule has 1 atom stereocenters. The van der Waals surface area contributed by atoms with Gasteiger partial charge in [0.1, 0.15) is 17.1 Å². The lowest BCUT2D eigenvalue weighted by molar-refractivity contribution is -0.135. The summed E-state index contributed by atoms with van der Waals surface area (Å²) in [6.45, 7) is 1.30. The first-order valence-corrected chi connectivity index (χ1v) is 11.4. The molecular weight excluding hydrogens is 432 g/mol. The van der Waals surface area contributed by atoms with Crippen molar-refractivity contribution in [3.05, 3.63) is 99.4 Å². The third kappa shape index (κ3) is 3.71. The summed E-state index contributed by atoms with van der Waals surface area (Å²) in [5, 5.41) is 0.619. The van der Waals surface area contributed by atoms with Crippen molar-refractivity contribution in [3.8, 4) is 17.2 Å². The van der Waals surface area contributed by atoms with Gasteiger partial charge in [0.2, 0.25) is 0 Å². The first-order chi connectivity index (χ1) is 16.7. The number of rotatable bonds is 5. The minimum atomic E-state index is -0.480. The number of esters is 1. The summed E-state index contributed by atoms with van der Waals surface area (Å²) < 4.78 is 22.5. The molecule has 0 N–H and O–H groups in total. The first-order valence-electron chi connectivity index (χ1n) is 11.4. The van der Waals surface area contributed by atoms with Crippen molar-refractivity contribution in [1.29, 1.82) is 0 Å². The van der Waals surface area contributed by atoms with Gasteiger partial charge in [-0.15, -0.1) is 0 Å². The fourth-order valence-electron chi connectivity index (χ4n) is 4.73. The molecule has 3 aromatic carbocycles. The van der Waals surface area contributed by atoms with Crippen molar-refractivity contribution in [3.63, 3.8) is 0 Å². The number of ether oxygens (including phenoxy) is 3. The highest BCUT2D eigenvalue weighted by molar-refractivity contribution is 5.90. The predicted molar refractivity (Wildman–Crippen MR) is 126 cm³/mol. The second kappa shape index (κ2) is 8.37. The molecule has 0 unspecified atom stereocenters. The average molecular weight is 454 g/mol. The first kappa shape index (κ1) is 20.5. The summed E-state index contributed by atoms with van der Waals surface area (Å²) in [5.41, 5.74) is 3.62. The predicted octanol–water partition coefficient (Wildman–Crippen LogP) is 4.79. The van der Waals surface area contributed by atoms with Crippen LogP contribution in [0.15, 0.2) is 75.9 Å². The van der Waals surface area contributed by atoms with Crippen LogP contribution in [0.1, 0.15) is 34.6 Å². The molecule has 4 aromatic rings. The Hall–Kier alpha value is -4.06. The van der Waals surface area contributed by atoms with E-state index >= 15 is 0 Å². The van der Waals surface area contributed by atoms with Gasteiger partial charge in [-0.3, -0.25) is 4.79 Å². The maximum Gasteiger partial charge on any atom is 0.343 e. The van der Waals surface area contributed by atoms with Gasteiger partial charge in [0, 0.05) is 18.8 Å². The largest absolute Gasteiger partial charge is 0.493 e. The number of hydrogen-bond donors (Lipinski definition) is 0. The monoisotopic (exact) mass is 454 g/mol. The van der Waals surface area contributed by atoms with E-state index in [1.165, 1.54) is 11.1 Å². The van der Waals surface area contributed by atoms with E-state index in [0.717, 1.165) is 36.5 Å². The van der Waals surface area contributed by atoms with Crippen molar-refractivity contribution in [2.45, 2.75) is 25.2 Å². The molecule has 0 radical (unpaired) electrons. The third-order valence-corrected chi connectivity index (χ3v) is 6.43. The average Bonchev–Trinajstić information content (AvgIpc) is 3.32. The van der Waals surface area contributed by atoms with E-state index in [0.29, 0.717) is 28.9 Å². The van der Waals surface area contributed by atoms with Gasteiger partial charge >= 0.3 is 11.6 Å². The van der Waals surface area contributed by atoms with E-state index in [2.05, 4.69) is 12.1 Å². The minimum Gasteiger partial charge on any atom is -0.493 e. The fourth-order valence-corrected chi connectivity index (χ4v) is 4.73. The van der Waals surface area contributed by atoms with Crippen LogP contribution in [0.5, 0.6) is 17.2 Å². The molecule has 0 aliphatic carbocycles. The van der Waals surface area contributed by atoms with Crippen molar-refractivity contribution < 1.29 is 23.4 Å². The highest BCUT2D eigenvalue weighted by Crippen LogP contribution is 2.40. The fraction of sp³-hybridized carbons (Fsp3) is 0.214. The second-order valence-electron chi connectivity index (χ2n) is 8.57. The molecule has 6 rings (SSSR count). The smallest absolute Gasteiger partial charge is 0.343 e. The number of para-hydroxylation sites is 1. The molecule has 6 nitrogen and oxygen atoms in total. The lowest BCUT2D eigenvalue weighted by Crippen LogP contribution is -2.26. The summed E-state index contributed by atoms with van der Waals surface area (Å²) in [6, 6.07) is 20.9. The number of carbonyl (C=O) groups is 1. The molecule has 0 amide bonds. The summed E-state index contributed by atoms with van der Waals surface area (Å²) in [6.07, 6.45) is 1.83. The summed E-state index contributed by atoms with van der Waals surface area (Å²) in [4.78, 5) is 25.2. The lowest BCUT2D eigenvalue weighted by Gasteiger charge is -2.24. The Labute approximate surface area is 195 Å². The van der Waals surface area contributed by atoms with E-state index in [9.17, 15) is 9.59 Å². The molecule has 170 valence electrons. The van der Waals surface area contributed by atoms with Crippen LogP contribution in [0, 0.1) is 0 Å². The lowest BCUT2D eigenvalue weighted by atomic mass is 9.86. The molecule has 6 heteroatoms. The van der Waals surface area contributed by atoms with E-state index in [-0.39, 0.29) is 12.4 Å². The Morgan fingerprint density at radius 3 is 2.71 bits per heavy atom. The van der Waals surface area contributed by atoms with Crippen molar-refractivity contribution >= 4 is 16.9 Å². The van der Waals surface area contributed by atoms with Crippen LogP contribution in [-0.2, 0) is 17.6 Å². The van der Waals surface area contributed by atoms with Crippen LogP contribution in [0.2, 0.25) is 0 Å². The number of benzene rings is 3. The van der Waals surface area contributed by atoms with Crippen molar-refractivity contribution in [1.82, 2.24) is 0 Å². The number of carbonyl (C=O) groups excluding carboxylic acids is 1. The van der Waals surface area contributed by atoms with Gasteiger partial charge < -0.3 is 18.6 Å². The normalized spacial score (nSPS) is 16.5. The molecule has 3 heterocycles. The standard InChI is InChI=1S/C28H22O6/c29-25-16-22(26-27(34-25)21-3-1-2-4-24(21)33-28(26)30)18-6-8-20(9-7-18)31-13-11-17-5-10-23-19(15-17)12-14-32-23/h1-10,15,22H,11-14,16H2/t22-/m1/s1. The van der Waals surface area contributed by atoms with Crippen LogP contribution < -0.4 is 19.8 Å². The SMILES string of the molecule is O=C1C[C@H](c2ccc(OCCc3ccc4c(c3)CCO4)cc2)c2c(c3ccccc3oc2=O)O1. The maximum absolute atomic E-state index is 12.8. The molecule has 0 bridgehead atoms. The molecule has 0 saturated carbocycles. The van der Waals surface area contributed by atoms with Gasteiger partial charge in [0.05, 0.1) is 30.6 Å². The van der Waals surface area contributed by atoms with Gasteiger partial charge in [-0.25, -0.2) is 4.79 Å². The zero-order valence-corrected chi connectivity index (χ0v) is 18.4. The molecule has 0 spiro atoms. The quantitative estimate of drug-likeness (QED) is 0.319. The Bertz CT molecular complexity index is 1450. The zero-order valence-electron chi connectivity index (χ0n) is 18.4. The zero-order chi connectivity index (χ0) is 23.1. The molecule has 0 fully saturated rings. The summed E-state index contributed by atoms with van der Waals surface area (Å²) in [7, 11) is 0. The van der Waals surface area contributed by atoms with Crippen molar-refractivity contribution in [2.75, 3.05) is 13.2 Å². The van der Waals surface area contributed by atoms with Crippen LogP contribution >= 0.6 is 0 Å². The Morgan fingerprint density at radius 2 is 1.82 bits per heavy atom. The second-order valence-corrected chi connectivity index (χ2v) is 8.57. The van der Waals surface area contributed by atoms with Gasteiger partial charge in [-0.1, -0.05) is 36.4 Å². The molecule has 2 aliphatic heterocycles. The van der Waals surface area contributed by atoms with Gasteiger partial charge in [-0.05, 0) is 47.0 Å². The van der Waals surface area contributed by atoms with E-state index in [1.54, 1.807) is 18.2 Å². The van der Waals surface area contributed by atoms with Gasteiger partial charge in [0.15, 0.2) is 5.75 Å². The highest BCUT2D eigenvalue weighted by atomic mass is 16.5. The van der Waals surface area contributed by atoms with Gasteiger partial charge in [0.25, 0.3) is 0 Å². The van der Waals surface area contributed by atoms with E-state index in [1.807, 2.05) is 36.4 Å². The van der Waals surface area contributed by atoms with E-state index in [4.69, 9.17) is 18.6 Å². The Balaban J connectivity index is 1.20. The van der Waals surface area contributed by atoms with Crippen LogP contribution in [-0.4, -0.2) is 19.2 Å². The minimum absolute atomic E-state index is 0.0817. The molecular formula is C28H22O6. The van der Waals surface area contributed by atoms with E-state index < -0.39 is 11.5 Å². The summed E-state index contributed by atoms with van der Waals surface area (Å²) in [5.74, 6) is 1.22. The topological polar surface area (TPSA) is 75.0 Å². The summed E-state index contributed by atoms with van der Waals surface area (Å²) >= 11 is 0. The molecule has 0 saturated heterocycles. The highest BCUT2D eigenvalue weighted by Gasteiger charge is 2.33. The molecule has 1 aromatic heterocycles. The number of fused-ring (bicyclic) bond motifs is 4. The molecule has 34 heavy (non-hydrogen) atoms. The Morgan fingerprint density at radius 1 is 0.971 bits per heavy atom.